The molecule has 0 fully saturated rings. The number of fused-ring (bicyclic) bond motifs is 1. The van der Waals surface area contributed by atoms with Crippen LogP contribution in [-0.2, 0) is 7.05 Å². The van der Waals surface area contributed by atoms with Crippen LogP contribution in [0.5, 0.6) is 0 Å². The molecule has 2 aromatic heterocycles. The average Bonchev–Trinajstić information content (AvgIpc) is 2.31. The van der Waals surface area contributed by atoms with Gasteiger partial charge in [-0.3, -0.25) is 0 Å². The number of hydrogen-bond acceptors (Lipinski definition) is 4. The largest absolute Gasteiger partial charge is 0.365 e. The number of aromatic nitrogens is 5. The minimum Gasteiger partial charge on any atom is -0.244 e. The summed E-state index contributed by atoms with van der Waals surface area (Å²) in [6, 6.07) is 0. The Kier molecular flexibility index (Phi) is 1.24. The van der Waals surface area contributed by atoms with Gasteiger partial charge in [0.1, 0.15) is 5.82 Å². The van der Waals surface area contributed by atoms with Crippen molar-refractivity contribution in [1.29, 1.82) is 0 Å². The predicted molar refractivity (Wildman–Crippen MR) is 40.8 cm³/mol. The molecule has 0 N–H and O–H groups in total. The van der Waals surface area contributed by atoms with Gasteiger partial charge < -0.3 is 0 Å². The fourth-order valence-electron chi connectivity index (χ4n) is 0.963. The van der Waals surface area contributed by atoms with Crippen molar-refractivity contribution in [2.24, 2.45) is 7.05 Å². The lowest BCUT2D eigenvalue weighted by Crippen LogP contribution is -2.17. The van der Waals surface area contributed by atoms with Crippen LogP contribution in [0.25, 0.3) is 5.65 Å². The Labute approximate surface area is 67.5 Å². The summed E-state index contributed by atoms with van der Waals surface area (Å²) in [6.07, 6.45) is 1.52. The first-order valence-electron chi connectivity index (χ1n) is 3.44. The lowest BCUT2D eigenvalue weighted by Gasteiger charge is -1.95. The molecule has 0 aliphatic carbocycles. The highest BCUT2D eigenvalue weighted by atomic mass is 16.2. The zero-order valence-corrected chi connectivity index (χ0v) is 6.72. The maximum Gasteiger partial charge on any atom is 0.365 e. The maximum atomic E-state index is 11.0. The van der Waals surface area contributed by atoms with Gasteiger partial charge in [-0.15, -0.1) is 9.73 Å². The topological polar surface area (TPSA) is 65.1 Å². The van der Waals surface area contributed by atoms with E-state index in [1.54, 1.807) is 14.0 Å². The van der Waals surface area contributed by atoms with Crippen LogP contribution in [0.1, 0.15) is 5.82 Å². The van der Waals surface area contributed by atoms with Gasteiger partial charge in [-0.25, -0.2) is 14.5 Å². The normalized spacial score (nSPS) is 10.8. The molecule has 12 heavy (non-hydrogen) atoms. The average molecular weight is 165 g/mol. The van der Waals surface area contributed by atoms with Crippen molar-refractivity contribution in [1.82, 2.24) is 24.4 Å². The fourth-order valence-corrected chi connectivity index (χ4v) is 0.963. The third kappa shape index (κ3) is 0.810. The van der Waals surface area contributed by atoms with Crippen LogP contribution in [0, 0.1) is 6.92 Å². The molecule has 2 aromatic rings. The molecule has 0 aromatic carbocycles. The van der Waals surface area contributed by atoms with Gasteiger partial charge in [0.2, 0.25) is 0 Å². The van der Waals surface area contributed by atoms with E-state index in [2.05, 4.69) is 15.1 Å². The molecule has 0 atom stereocenters. The Bertz CT molecular complexity index is 482. The first-order valence-corrected chi connectivity index (χ1v) is 3.44. The van der Waals surface area contributed by atoms with Crippen molar-refractivity contribution in [2.45, 2.75) is 6.92 Å². The predicted octanol–water partition coefficient (Wildman–Crippen LogP) is -0.869. The Morgan fingerprint density at radius 3 is 3.00 bits per heavy atom. The van der Waals surface area contributed by atoms with Gasteiger partial charge >= 0.3 is 5.69 Å². The molecule has 0 aliphatic rings. The quantitative estimate of drug-likeness (QED) is 0.509. The molecule has 6 nitrogen and oxygen atoms in total. The van der Waals surface area contributed by atoms with Crippen molar-refractivity contribution in [3.8, 4) is 0 Å². The van der Waals surface area contributed by atoms with E-state index < -0.39 is 0 Å². The van der Waals surface area contributed by atoms with Gasteiger partial charge in [0.25, 0.3) is 0 Å². The van der Waals surface area contributed by atoms with Crippen molar-refractivity contribution < 1.29 is 0 Å². The molecule has 0 unspecified atom stereocenters. The first kappa shape index (κ1) is 6.96. The van der Waals surface area contributed by atoms with Gasteiger partial charge in [-0.1, -0.05) is 0 Å². The molecule has 2 rings (SSSR count). The molecule has 0 saturated heterocycles. The standard InChI is InChI=1S/C6H7N5O/c1-4-7-3-5-8-6(12)10(2)11(5)9-4/h3H,1-2H3. The summed E-state index contributed by atoms with van der Waals surface area (Å²) in [4.78, 5) is 18.6. The SMILES string of the molecule is Cc1ncc2nc(=O)n(C)n2n1. The van der Waals surface area contributed by atoms with Gasteiger partial charge in [0.05, 0.1) is 6.20 Å². The Balaban J connectivity index is 2.98. The van der Waals surface area contributed by atoms with Crippen molar-refractivity contribution in [3.05, 3.63) is 22.5 Å². The van der Waals surface area contributed by atoms with E-state index in [0.717, 1.165) is 0 Å². The molecular formula is C6H7N5O. The highest BCUT2D eigenvalue weighted by Gasteiger charge is 2.02. The molecule has 2 heterocycles. The lowest BCUT2D eigenvalue weighted by atomic mass is 10.7. The van der Waals surface area contributed by atoms with Crippen LogP contribution in [0.3, 0.4) is 0 Å². The van der Waals surface area contributed by atoms with Crippen LogP contribution in [0.15, 0.2) is 11.0 Å². The highest BCUT2D eigenvalue weighted by molar-refractivity contribution is 5.30. The second kappa shape index (κ2) is 2.13. The monoisotopic (exact) mass is 165 g/mol. The van der Waals surface area contributed by atoms with E-state index >= 15 is 0 Å². The molecule has 0 bridgehead atoms. The van der Waals surface area contributed by atoms with E-state index in [-0.39, 0.29) is 5.69 Å². The zero-order chi connectivity index (χ0) is 8.72. The Hall–Kier alpha value is -1.72. The third-order valence-electron chi connectivity index (χ3n) is 1.58. The van der Waals surface area contributed by atoms with E-state index in [1.165, 1.54) is 15.5 Å². The molecule has 0 amide bonds. The van der Waals surface area contributed by atoms with Gasteiger partial charge in [0, 0.05) is 7.05 Å². The summed E-state index contributed by atoms with van der Waals surface area (Å²) in [7, 11) is 1.61. The summed E-state index contributed by atoms with van der Waals surface area (Å²) >= 11 is 0. The Morgan fingerprint density at radius 2 is 2.25 bits per heavy atom. The smallest absolute Gasteiger partial charge is 0.244 e. The van der Waals surface area contributed by atoms with Crippen molar-refractivity contribution in [3.63, 3.8) is 0 Å². The third-order valence-corrected chi connectivity index (χ3v) is 1.58. The summed E-state index contributed by atoms with van der Waals surface area (Å²) in [5.74, 6) is 0.607. The molecule has 0 radical (unpaired) electrons. The summed E-state index contributed by atoms with van der Waals surface area (Å²) < 4.78 is 2.74. The van der Waals surface area contributed by atoms with E-state index in [9.17, 15) is 4.79 Å². The summed E-state index contributed by atoms with van der Waals surface area (Å²) in [5, 5.41) is 4.00. The number of aryl methyl sites for hydroxylation is 2. The summed E-state index contributed by atoms with van der Waals surface area (Å²) in [5.41, 5.74) is 0.142. The van der Waals surface area contributed by atoms with Crippen LogP contribution in [0.2, 0.25) is 0 Å². The van der Waals surface area contributed by atoms with Crippen LogP contribution < -0.4 is 5.69 Å². The molecule has 0 saturated carbocycles. The molecule has 6 heteroatoms. The minimum atomic E-state index is -0.324. The molecular weight excluding hydrogens is 158 g/mol. The van der Waals surface area contributed by atoms with E-state index in [0.29, 0.717) is 11.5 Å². The minimum absolute atomic E-state index is 0.324. The highest BCUT2D eigenvalue weighted by Crippen LogP contribution is 1.91. The first-order chi connectivity index (χ1) is 5.68. The maximum absolute atomic E-state index is 11.0. The van der Waals surface area contributed by atoms with E-state index in [1.807, 2.05) is 0 Å². The number of rotatable bonds is 0. The zero-order valence-electron chi connectivity index (χ0n) is 6.72. The molecule has 0 aliphatic heterocycles. The summed E-state index contributed by atoms with van der Waals surface area (Å²) in [6.45, 7) is 1.75. The van der Waals surface area contributed by atoms with Gasteiger partial charge in [-0.2, -0.15) is 4.98 Å². The van der Waals surface area contributed by atoms with Crippen LogP contribution in [-0.4, -0.2) is 24.4 Å². The van der Waals surface area contributed by atoms with Crippen molar-refractivity contribution >= 4 is 5.65 Å². The van der Waals surface area contributed by atoms with Crippen LogP contribution >= 0.6 is 0 Å². The van der Waals surface area contributed by atoms with Gasteiger partial charge in [-0.05, 0) is 6.92 Å². The number of hydrogen-bond donors (Lipinski definition) is 0. The molecule has 62 valence electrons. The Morgan fingerprint density at radius 1 is 1.50 bits per heavy atom. The van der Waals surface area contributed by atoms with Crippen molar-refractivity contribution in [2.75, 3.05) is 0 Å². The molecule has 0 spiro atoms. The van der Waals surface area contributed by atoms with Gasteiger partial charge in [0.15, 0.2) is 5.65 Å². The second-order valence-corrected chi connectivity index (χ2v) is 2.47. The lowest BCUT2D eigenvalue weighted by molar-refractivity contribution is 0.593. The second-order valence-electron chi connectivity index (χ2n) is 2.47. The van der Waals surface area contributed by atoms with Crippen LogP contribution in [0.4, 0.5) is 0 Å². The number of nitrogens with zero attached hydrogens (tertiary/aromatic N) is 5. The van der Waals surface area contributed by atoms with E-state index in [4.69, 9.17) is 0 Å². The fraction of sp³-hybridized carbons (Fsp3) is 0.333.